The van der Waals surface area contributed by atoms with E-state index in [4.69, 9.17) is 0 Å². The van der Waals surface area contributed by atoms with Crippen molar-refractivity contribution in [2.45, 2.75) is 10.6 Å². The van der Waals surface area contributed by atoms with E-state index in [0.717, 1.165) is 54.6 Å². The van der Waals surface area contributed by atoms with Crippen molar-refractivity contribution < 1.29 is 4.79 Å². The zero-order chi connectivity index (χ0) is 20.6. The number of hydrogen-bond donors (Lipinski definition) is 0. The fraction of sp³-hybridized carbons (Fsp3) is 0.250. The number of carbonyl (C=O) groups excluding carboxylic acids is 1. The lowest BCUT2D eigenvalue weighted by Crippen LogP contribution is -2.48. The molecule has 154 valence electrons. The van der Waals surface area contributed by atoms with Crippen molar-refractivity contribution in [3.05, 3.63) is 88.4 Å². The molecule has 0 aliphatic carbocycles. The Morgan fingerprint density at radius 1 is 1.03 bits per heavy atom. The molecular formula is C24H25N3OS2. The van der Waals surface area contributed by atoms with Crippen LogP contribution < -0.4 is 0 Å². The fourth-order valence-electron chi connectivity index (χ4n) is 3.44. The first kappa shape index (κ1) is 20.8. The molecule has 2 heterocycles. The standard InChI is InChI=1S/C24H25N3OS2/c28-24(22-10-4-5-11-23(22)30-18-21-17-29-19-25-21)27-15-13-26(14-16-27)12-6-9-20-7-2-1-3-8-20/h1-11,17,19H,12-16,18H2/b9-6+. The maximum absolute atomic E-state index is 13.2. The first-order valence-electron chi connectivity index (χ1n) is 10.1. The van der Waals surface area contributed by atoms with Crippen LogP contribution in [0.1, 0.15) is 21.6 Å². The highest BCUT2D eigenvalue weighted by Gasteiger charge is 2.23. The molecule has 4 nitrogen and oxygen atoms in total. The molecule has 1 saturated heterocycles. The van der Waals surface area contributed by atoms with E-state index in [0.29, 0.717) is 0 Å². The molecule has 1 fully saturated rings. The van der Waals surface area contributed by atoms with Gasteiger partial charge in [-0.2, -0.15) is 0 Å². The highest BCUT2D eigenvalue weighted by atomic mass is 32.2. The molecule has 0 N–H and O–H groups in total. The first-order chi connectivity index (χ1) is 14.8. The Hall–Kier alpha value is -2.41. The predicted octanol–water partition coefficient (Wildman–Crippen LogP) is 4.91. The largest absolute Gasteiger partial charge is 0.336 e. The number of benzene rings is 2. The van der Waals surface area contributed by atoms with Gasteiger partial charge in [-0.05, 0) is 17.7 Å². The van der Waals surface area contributed by atoms with Crippen LogP contribution in [0.5, 0.6) is 0 Å². The van der Waals surface area contributed by atoms with Gasteiger partial charge in [-0.15, -0.1) is 23.1 Å². The second-order valence-electron chi connectivity index (χ2n) is 7.17. The normalized spacial score (nSPS) is 15.0. The SMILES string of the molecule is O=C(c1ccccc1SCc1cscn1)N1CCN(C/C=C/c2ccccc2)CC1. The van der Waals surface area contributed by atoms with Gasteiger partial charge in [0.2, 0.25) is 0 Å². The van der Waals surface area contributed by atoms with Crippen molar-refractivity contribution >= 4 is 35.1 Å². The van der Waals surface area contributed by atoms with Crippen LogP contribution >= 0.6 is 23.1 Å². The van der Waals surface area contributed by atoms with Gasteiger partial charge in [0, 0.05) is 48.8 Å². The smallest absolute Gasteiger partial charge is 0.255 e. The van der Waals surface area contributed by atoms with E-state index < -0.39 is 0 Å². The number of rotatable bonds is 7. The molecule has 1 aromatic heterocycles. The van der Waals surface area contributed by atoms with Crippen LogP contribution in [-0.4, -0.2) is 53.4 Å². The lowest BCUT2D eigenvalue weighted by atomic mass is 10.1. The summed E-state index contributed by atoms with van der Waals surface area (Å²) in [7, 11) is 0. The van der Waals surface area contributed by atoms with E-state index >= 15 is 0 Å². The molecule has 0 radical (unpaired) electrons. The van der Waals surface area contributed by atoms with E-state index in [1.165, 1.54) is 5.56 Å². The van der Waals surface area contributed by atoms with E-state index in [1.54, 1.807) is 23.1 Å². The molecule has 2 aromatic carbocycles. The molecule has 30 heavy (non-hydrogen) atoms. The molecular weight excluding hydrogens is 410 g/mol. The third kappa shape index (κ3) is 5.59. The van der Waals surface area contributed by atoms with Crippen molar-refractivity contribution in [2.75, 3.05) is 32.7 Å². The highest BCUT2D eigenvalue weighted by molar-refractivity contribution is 7.98. The maximum atomic E-state index is 13.2. The zero-order valence-electron chi connectivity index (χ0n) is 16.8. The number of amides is 1. The zero-order valence-corrected chi connectivity index (χ0v) is 18.4. The summed E-state index contributed by atoms with van der Waals surface area (Å²) in [5.41, 5.74) is 4.93. The van der Waals surface area contributed by atoms with Gasteiger partial charge in [0.1, 0.15) is 0 Å². The Balaban J connectivity index is 1.30. The Morgan fingerprint density at radius 2 is 1.80 bits per heavy atom. The molecule has 0 saturated carbocycles. The third-order valence-electron chi connectivity index (χ3n) is 5.11. The molecule has 0 spiro atoms. The number of hydrogen-bond acceptors (Lipinski definition) is 5. The molecule has 3 aromatic rings. The van der Waals surface area contributed by atoms with Gasteiger partial charge in [-0.1, -0.05) is 54.6 Å². The van der Waals surface area contributed by atoms with Crippen molar-refractivity contribution in [1.82, 2.24) is 14.8 Å². The molecule has 1 aliphatic rings. The van der Waals surface area contributed by atoms with Crippen LogP contribution in [0, 0.1) is 0 Å². The van der Waals surface area contributed by atoms with Crippen LogP contribution in [0.15, 0.2) is 76.5 Å². The van der Waals surface area contributed by atoms with E-state index in [9.17, 15) is 4.79 Å². The van der Waals surface area contributed by atoms with Crippen LogP contribution in [0.4, 0.5) is 0 Å². The Bertz CT molecular complexity index is 965. The van der Waals surface area contributed by atoms with Crippen LogP contribution in [0.3, 0.4) is 0 Å². The number of nitrogens with zero attached hydrogens (tertiary/aromatic N) is 3. The highest BCUT2D eigenvalue weighted by Crippen LogP contribution is 2.27. The summed E-state index contributed by atoms with van der Waals surface area (Å²) in [6.07, 6.45) is 4.37. The number of carbonyl (C=O) groups is 1. The molecule has 0 atom stereocenters. The van der Waals surface area contributed by atoms with E-state index in [-0.39, 0.29) is 5.91 Å². The van der Waals surface area contributed by atoms with Gasteiger partial charge in [-0.3, -0.25) is 9.69 Å². The summed E-state index contributed by atoms with van der Waals surface area (Å²) in [6.45, 7) is 4.25. The number of thioether (sulfide) groups is 1. The van der Waals surface area contributed by atoms with Crippen molar-refractivity contribution in [2.24, 2.45) is 0 Å². The van der Waals surface area contributed by atoms with Crippen molar-refractivity contribution in [1.29, 1.82) is 0 Å². The fourth-order valence-corrected chi connectivity index (χ4v) is 5.05. The minimum Gasteiger partial charge on any atom is -0.336 e. The summed E-state index contributed by atoms with van der Waals surface area (Å²) in [5.74, 6) is 0.922. The average molecular weight is 436 g/mol. The topological polar surface area (TPSA) is 36.4 Å². The lowest BCUT2D eigenvalue weighted by Gasteiger charge is -2.34. The lowest BCUT2D eigenvalue weighted by molar-refractivity contribution is 0.0647. The van der Waals surface area contributed by atoms with Gasteiger partial charge >= 0.3 is 0 Å². The summed E-state index contributed by atoms with van der Waals surface area (Å²) in [4.78, 5) is 22.9. The van der Waals surface area contributed by atoms with E-state index in [2.05, 4.69) is 51.7 Å². The molecule has 6 heteroatoms. The van der Waals surface area contributed by atoms with Crippen molar-refractivity contribution in [3.8, 4) is 0 Å². The molecule has 4 rings (SSSR count). The van der Waals surface area contributed by atoms with Gasteiger partial charge < -0.3 is 4.90 Å². The summed E-state index contributed by atoms with van der Waals surface area (Å²) >= 11 is 3.29. The monoisotopic (exact) mass is 435 g/mol. The molecule has 0 unspecified atom stereocenters. The van der Waals surface area contributed by atoms with Crippen LogP contribution in [-0.2, 0) is 5.75 Å². The third-order valence-corrected chi connectivity index (χ3v) is 6.85. The summed E-state index contributed by atoms with van der Waals surface area (Å²) < 4.78 is 0. The predicted molar refractivity (Wildman–Crippen MR) is 126 cm³/mol. The Labute approximate surface area is 186 Å². The average Bonchev–Trinajstić information content (AvgIpc) is 3.32. The Kier molecular flexibility index (Phi) is 7.34. The summed E-state index contributed by atoms with van der Waals surface area (Å²) in [6, 6.07) is 18.3. The van der Waals surface area contributed by atoms with Crippen molar-refractivity contribution in [3.63, 3.8) is 0 Å². The molecule has 0 bridgehead atoms. The van der Waals surface area contributed by atoms with Gasteiger partial charge in [0.15, 0.2) is 0 Å². The molecule has 1 aliphatic heterocycles. The van der Waals surface area contributed by atoms with Gasteiger partial charge in [0.25, 0.3) is 5.91 Å². The second kappa shape index (κ2) is 10.6. The van der Waals surface area contributed by atoms with Gasteiger partial charge in [0.05, 0.1) is 16.8 Å². The van der Waals surface area contributed by atoms with Crippen LogP contribution in [0.25, 0.3) is 6.08 Å². The van der Waals surface area contributed by atoms with Crippen LogP contribution in [0.2, 0.25) is 0 Å². The quantitative estimate of drug-likeness (QED) is 0.494. The second-order valence-corrected chi connectivity index (χ2v) is 8.91. The number of aromatic nitrogens is 1. The van der Waals surface area contributed by atoms with Gasteiger partial charge in [-0.25, -0.2) is 4.98 Å². The van der Waals surface area contributed by atoms with E-state index in [1.807, 2.05) is 40.7 Å². The minimum atomic E-state index is 0.135. The first-order valence-corrected chi connectivity index (χ1v) is 12.0. The number of thiazole rings is 1. The molecule has 1 amide bonds. The minimum absolute atomic E-state index is 0.135. The summed E-state index contributed by atoms with van der Waals surface area (Å²) in [5, 5.41) is 2.06. The maximum Gasteiger partial charge on any atom is 0.255 e. The Morgan fingerprint density at radius 3 is 2.57 bits per heavy atom. The number of piperazine rings is 1.